The van der Waals surface area contributed by atoms with Crippen LogP contribution in [0, 0.1) is 0 Å². The fourth-order valence-electron chi connectivity index (χ4n) is 2.62. The molecule has 1 fully saturated rings. The SMILES string of the molecule is COCCNCc1cnn(C2CCCC2)c1C(F)F. The van der Waals surface area contributed by atoms with Gasteiger partial charge in [0.25, 0.3) is 6.43 Å². The first kappa shape index (κ1) is 14.4. The molecule has 0 amide bonds. The molecule has 0 radical (unpaired) electrons. The van der Waals surface area contributed by atoms with Crippen molar-refractivity contribution < 1.29 is 13.5 Å². The third-order valence-corrected chi connectivity index (χ3v) is 3.59. The van der Waals surface area contributed by atoms with Gasteiger partial charge in [-0.05, 0) is 12.8 Å². The van der Waals surface area contributed by atoms with Crippen molar-refractivity contribution in [1.29, 1.82) is 0 Å². The van der Waals surface area contributed by atoms with Crippen molar-refractivity contribution in [2.24, 2.45) is 0 Å². The predicted octanol–water partition coefficient (Wildman–Crippen LogP) is 2.67. The number of nitrogens with one attached hydrogen (secondary N) is 1. The second-order valence-corrected chi connectivity index (χ2v) is 4.91. The molecule has 0 spiro atoms. The first-order valence-electron chi connectivity index (χ1n) is 6.78. The van der Waals surface area contributed by atoms with E-state index in [-0.39, 0.29) is 11.7 Å². The van der Waals surface area contributed by atoms with Crippen LogP contribution in [0.2, 0.25) is 0 Å². The first-order valence-corrected chi connectivity index (χ1v) is 6.78. The number of methoxy groups -OCH3 is 1. The zero-order chi connectivity index (χ0) is 13.7. The number of alkyl halides is 2. The fourth-order valence-corrected chi connectivity index (χ4v) is 2.62. The van der Waals surface area contributed by atoms with Gasteiger partial charge in [0, 0.05) is 25.8 Å². The Hall–Kier alpha value is -1.01. The summed E-state index contributed by atoms with van der Waals surface area (Å²) in [7, 11) is 1.62. The zero-order valence-corrected chi connectivity index (χ0v) is 11.2. The van der Waals surface area contributed by atoms with Crippen molar-refractivity contribution in [3.63, 3.8) is 0 Å². The number of hydrogen-bond acceptors (Lipinski definition) is 3. The highest BCUT2D eigenvalue weighted by Crippen LogP contribution is 2.33. The number of hydrogen-bond donors (Lipinski definition) is 1. The molecule has 6 heteroatoms. The van der Waals surface area contributed by atoms with Crippen molar-refractivity contribution in [2.75, 3.05) is 20.3 Å². The summed E-state index contributed by atoms with van der Waals surface area (Å²) in [5.74, 6) is 0. The number of rotatable bonds is 7. The average molecular weight is 273 g/mol. The van der Waals surface area contributed by atoms with Crippen LogP contribution in [0.25, 0.3) is 0 Å². The van der Waals surface area contributed by atoms with Gasteiger partial charge < -0.3 is 10.1 Å². The van der Waals surface area contributed by atoms with E-state index in [0.29, 0.717) is 25.3 Å². The van der Waals surface area contributed by atoms with Crippen molar-refractivity contribution >= 4 is 0 Å². The highest BCUT2D eigenvalue weighted by atomic mass is 19.3. The van der Waals surface area contributed by atoms with Crippen molar-refractivity contribution in [1.82, 2.24) is 15.1 Å². The Kier molecular flexibility index (Phi) is 5.27. The Morgan fingerprint density at radius 2 is 2.21 bits per heavy atom. The van der Waals surface area contributed by atoms with Gasteiger partial charge in [-0.1, -0.05) is 12.8 Å². The molecule has 4 nitrogen and oxygen atoms in total. The molecule has 19 heavy (non-hydrogen) atoms. The van der Waals surface area contributed by atoms with Gasteiger partial charge in [-0.3, -0.25) is 4.68 Å². The molecule has 1 heterocycles. The summed E-state index contributed by atoms with van der Waals surface area (Å²) in [4.78, 5) is 0. The van der Waals surface area contributed by atoms with E-state index in [4.69, 9.17) is 4.74 Å². The van der Waals surface area contributed by atoms with Crippen LogP contribution in [0.3, 0.4) is 0 Å². The van der Waals surface area contributed by atoms with Crippen LogP contribution < -0.4 is 5.32 Å². The topological polar surface area (TPSA) is 39.1 Å². The summed E-state index contributed by atoms with van der Waals surface area (Å²) in [5.41, 5.74) is 0.676. The lowest BCUT2D eigenvalue weighted by Gasteiger charge is -2.15. The molecule has 0 aliphatic heterocycles. The minimum Gasteiger partial charge on any atom is -0.383 e. The number of nitrogens with zero attached hydrogens (tertiary/aromatic N) is 2. The molecular weight excluding hydrogens is 252 g/mol. The third kappa shape index (κ3) is 3.51. The number of ether oxygens (including phenoxy) is 1. The van der Waals surface area contributed by atoms with Crippen molar-refractivity contribution in [2.45, 2.75) is 44.7 Å². The van der Waals surface area contributed by atoms with E-state index in [1.165, 1.54) is 0 Å². The maximum atomic E-state index is 13.2. The third-order valence-electron chi connectivity index (χ3n) is 3.59. The maximum absolute atomic E-state index is 13.2. The summed E-state index contributed by atoms with van der Waals surface area (Å²) < 4.78 is 32.9. The molecular formula is C13H21F2N3O. The largest absolute Gasteiger partial charge is 0.383 e. The molecule has 0 unspecified atom stereocenters. The number of aromatic nitrogens is 2. The van der Waals surface area contributed by atoms with Gasteiger partial charge in [0.15, 0.2) is 0 Å². The summed E-state index contributed by atoms with van der Waals surface area (Å²) in [5, 5.41) is 7.27. The monoisotopic (exact) mass is 273 g/mol. The van der Waals surface area contributed by atoms with E-state index < -0.39 is 6.43 Å². The second-order valence-electron chi connectivity index (χ2n) is 4.91. The Balaban J connectivity index is 2.05. The van der Waals surface area contributed by atoms with Gasteiger partial charge >= 0.3 is 0 Å². The molecule has 2 rings (SSSR count). The van der Waals surface area contributed by atoms with E-state index in [2.05, 4.69) is 10.4 Å². The molecule has 1 aliphatic carbocycles. The molecule has 0 saturated heterocycles. The molecule has 1 aromatic rings. The second kappa shape index (κ2) is 6.96. The summed E-state index contributed by atoms with van der Waals surface area (Å²) in [6, 6.07) is 0.150. The fraction of sp³-hybridized carbons (Fsp3) is 0.769. The molecule has 108 valence electrons. The quantitative estimate of drug-likeness (QED) is 0.776. The summed E-state index contributed by atoms with van der Waals surface area (Å²) >= 11 is 0. The van der Waals surface area contributed by atoms with E-state index in [0.717, 1.165) is 25.7 Å². The van der Waals surface area contributed by atoms with Crippen LogP contribution in [0.4, 0.5) is 8.78 Å². The van der Waals surface area contributed by atoms with Crippen LogP contribution in [-0.4, -0.2) is 30.0 Å². The molecule has 0 bridgehead atoms. The average Bonchev–Trinajstić information content (AvgIpc) is 3.02. The first-order chi connectivity index (χ1) is 9.24. The Morgan fingerprint density at radius 3 is 2.84 bits per heavy atom. The Labute approximate surface area is 112 Å². The highest BCUT2D eigenvalue weighted by molar-refractivity contribution is 5.19. The molecule has 1 N–H and O–H groups in total. The summed E-state index contributed by atoms with van der Waals surface area (Å²) in [6.07, 6.45) is 3.22. The lowest BCUT2D eigenvalue weighted by molar-refractivity contribution is 0.134. The van der Waals surface area contributed by atoms with E-state index in [9.17, 15) is 8.78 Å². The standard InChI is InChI=1S/C13H21F2N3O/c1-19-7-6-16-8-10-9-17-18(12(10)13(14)15)11-4-2-3-5-11/h9,11,13,16H,2-8H2,1H3. The van der Waals surface area contributed by atoms with Gasteiger partial charge in [-0.15, -0.1) is 0 Å². The minimum absolute atomic E-state index is 0.0804. The molecule has 1 aromatic heterocycles. The Bertz CT molecular complexity index is 389. The maximum Gasteiger partial charge on any atom is 0.280 e. The normalized spacial score (nSPS) is 16.6. The number of halogens is 2. The minimum atomic E-state index is -2.47. The van der Waals surface area contributed by atoms with Gasteiger partial charge in [0.05, 0.1) is 18.8 Å². The molecule has 0 atom stereocenters. The lowest BCUT2D eigenvalue weighted by Crippen LogP contribution is -2.20. The Morgan fingerprint density at radius 1 is 1.47 bits per heavy atom. The summed E-state index contributed by atoms with van der Waals surface area (Å²) in [6.45, 7) is 1.63. The molecule has 0 aromatic carbocycles. The molecule has 1 saturated carbocycles. The van der Waals surface area contributed by atoms with Crippen LogP contribution in [-0.2, 0) is 11.3 Å². The van der Waals surface area contributed by atoms with Gasteiger partial charge in [-0.2, -0.15) is 5.10 Å². The van der Waals surface area contributed by atoms with Gasteiger partial charge in [0.1, 0.15) is 5.69 Å². The predicted molar refractivity (Wildman–Crippen MR) is 68.3 cm³/mol. The smallest absolute Gasteiger partial charge is 0.280 e. The van der Waals surface area contributed by atoms with E-state index in [1.54, 1.807) is 18.0 Å². The van der Waals surface area contributed by atoms with E-state index >= 15 is 0 Å². The van der Waals surface area contributed by atoms with Crippen LogP contribution >= 0.6 is 0 Å². The highest BCUT2D eigenvalue weighted by Gasteiger charge is 2.26. The van der Waals surface area contributed by atoms with Gasteiger partial charge in [-0.25, -0.2) is 8.78 Å². The van der Waals surface area contributed by atoms with Crippen LogP contribution in [0.5, 0.6) is 0 Å². The van der Waals surface area contributed by atoms with Crippen LogP contribution in [0.1, 0.15) is 49.4 Å². The lowest BCUT2D eigenvalue weighted by atomic mass is 10.2. The van der Waals surface area contributed by atoms with Gasteiger partial charge in [0.2, 0.25) is 0 Å². The van der Waals surface area contributed by atoms with Crippen molar-refractivity contribution in [3.8, 4) is 0 Å². The molecule has 1 aliphatic rings. The zero-order valence-electron chi connectivity index (χ0n) is 11.2. The van der Waals surface area contributed by atoms with Crippen molar-refractivity contribution in [3.05, 3.63) is 17.5 Å². The van der Waals surface area contributed by atoms with Crippen LogP contribution in [0.15, 0.2) is 6.20 Å². The van der Waals surface area contributed by atoms with E-state index in [1.807, 2.05) is 0 Å².